The van der Waals surface area contributed by atoms with Crippen molar-refractivity contribution in [2.24, 2.45) is 5.92 Å². The molecule has 0 radical (unpaired) electrons. The van der Waals surface area contributed by atoms with Gasteiger partial charge < -0.3 is 20.4 Å². The van der Waals surface area contributed by atoms with Gasteiger partial charge in [0, 0.05) is 23.7 Å². The van der Waals surface area contributed by atoms with E-state index < -0.39 is 0 Å². The number of nitrogens with zero attached hydrogens (tertiary/aromatic N) is 4. The molecular weight excluding hydrogens is 380 g/mol. The van der Waals surface area contributed by atoms with E-state index in [1.54, 1.807) is 13.4 Å². The zero-order valence-corrected chi connectivity index (χ0v) is 16.2. The Kier molecular flexibility index (Phi) is 5.04. The van der Waals surface area contributed by atoms with Crippen molar-refractivity contribution in [2.75, 3.05) is 18.2 Å². The van der Waals surface area contributed by atoms with Crippen molar-refractivity contribution >= 4 is 40.2 Å². The molecule has 1 aliphatic carbocycles. The number of methoxy groups -OCH3 is 1. The van der Waals surface area contributed by atoms with Gasteiger partial charge in [-0.25, -0.2) is 4.98 Å². The Balaban J connectivity index is 1.42. The average molecular weight is 401 g/mol. The number of hydrogen-bond donors (Lipinski definition) is 2. The highest BCUT2D eigenvalue weighted by molar-refractivity contribution is 6.28. The number of nitrogen functional groups attached to an aromatic ring is 1. The second-order valence-electron chi connectivity index (χ2n) is 6.93. The number of halogens is 1. The van der Waals surface area contributed by atoms with Gasteiger partial charge in [0.1, 0.15) is 11.3 Å². The molecule has 2 heterocycles. The van der Waals surface area contributed by atoms with E-state index in [2.05, 4.69) is 20.3 Å². The molecule has 1 fully saturated rings. The lowest BCUT2D eigenvalue weighted by Gasteiger charge is -2.28. The monoisotopic (exact) mass is 400 g/mol. The van der Waals surface area contributed by atoms with Crippen LogP contribution in [0.5, 0.6) is 5.75 Å². The molecule has 1 amide bonds. The number of hydrogen-bond acceptors (Lipinski definition) is 6. The number of benzene rings is 1. The van der Waals surface area contributed by atoms with Crippen molar-refractivity contribution in [2.45, 2.75) is 31.7 Å². The minimum atomic E-state index is -0.0273. The Morgan fingerprint density at radius 1 is 1.29 bits per heavy atom. The molecule has 1 saturated carbocycles. The zero-order valence-electron chi connectivity index (χ0n) is 15.4. The van der Waals surface area contributed by atoms with Crippen LogP contribution in [0.2, 0.25) is 5.28 Å². The summed E-state index contributed by atoms with van der Waals surface area (Å²) in [7, 11) is 1.60. The van der Waals surface area contributed by atoms with Gasteiger partial charge in [-0.15, -0.1) is 0 Å². The van der Waals surface area contributed by atoms with Crippen molar-refractivity contribution in [3.63, 3.8) is 0 Å². The van der Waals surface area contributed by atoms with Gasteiger partial charge in [-0.05, 0) is 49.4 Å². The molecule has 1 aromatic carbocycles. The maximum atomic E-state index is 12.6. The number of anilines is 2. The number of rotatable bonds is 4. The average Bonchev–Trinajstić information content (AvgIpc) is 3.12. The fourth-order valence-electron chi connectivity index (χ4n) is 3.74. The summed E-state index contributed by atoms with van der Waals surface area (Å²) in [5.74, 6) is 1.01. The normalized spacial score (nSPS) is 19.5. The van der Waals surface area contributed by atoms with Crippen LogP contribution in [0, 0.1) is 5.92 Å². The first-order valence-electron chi connectivity index (χ1n) is 9.15. The number of nitrogens with two attached hydrogens (primary N) is 1. The van der Waals surface area contributed by atoms with E-state index >= 15 is 0 Å². The number of fused-ring (bicyclic) bond motifs is 1. The molecule has 1 aliphatic rings. The number of ether oxygens (including phenoxy) is 1. The van der Waals surface area contributed by atoms with Crippen LogP contribution in [0.25, 0.3) is 11.2 Å². The molecule has 0 bridgehead atoms. The first-order valence-corrected chi connectivity index (χ1v) is 9.53. The molecule has 3 aromatic rings. The van der Waals surface area contributed by atoms with Crippen LogP contribution in [0.1, 0.15) is 31.7 Å². The van der Waals surface area contributed by atoms with E-state index in [4.69, 9.17) is 22.1 Å². The summed E-state index contributed by atoms with van der Waals surface area (Å²) in [4.78, 5) is 25.2. The Hall–Kier alpha value is -2.87. The molecule has 2 aromatic heterocycles. The molecule has 0 saturated heterocycles. The summed E-state index contributed by atoms with van der Waals surface area (Å²) >= 11 is 5.95. The largest absolute Gasteiger partial charge is 0.497 e. The van der Waals surface area contributed by atoms with Crippen LogP contribution < -0.4 is 15.8 Å². The van der Waals surface area contributed by atoms with Gasteiger partial charge in [0.05, 0.1) is 13.4 Å². The molecular formula is C19H21ClN6O2. The van der Waals surface area contributed by atoms with E-state index in [9.17, 15) is 4.79 Å². The van der Waals surface area contributed by atoms with E-state index in [0.717, 1.165) is 31.4 Å². The molecule has 0 unspecified atom stereocenters. The van der Waals surface area contributed by atoms with Crippen molar-refractivity contribution in [3.8, 4) is 5.75 Å². The molecule has 0 spiro atoms. The van der Waals surface area contributed by atoms with E-state index in [0.29, 0.717) is 16.9 Å². The van der Waals surface area contributed by atoms with Gasteiger partial charge in [0.2, 0.25) is 11.2 Å². The van der Waals surface area contributed by atoms with Gasteiger partial charge in [-0.2, -0.15) is 9.97 Å². The summed E-state index contributed by atoms with van der Waals surface area (Å²) < 4.78 is 7.20. The van der Waals surface area contributed by atoms with E-state index in [-0.39, 0.29) is 29.0 Å². The maximum Gasteiger partial charge on any atom is 0.227 e. The highest BCUT2D eigenvalue weighted by Gasteiger charge is 2.28. The molecule has 9 heteroatoms. The summed E-state index contributed by atoms with van der Waals surface area (Å²) in [6.07, 6.45) is 5.00. The molecule has 3 N–H and O–H groups in total. The van der Waals surface area contributed by atoms with Crippen molar-refractivity contribution < 1.29 is 9.53 Å². The number of imidazole rings is 1. The lowest BCUT2D eigenvalue weighted by molar-refractivity contribution is -0.120. The van der Waals surface area contributed by atoms with Crippen LogP contribution >= 0.6 is 11.6 Å². The summed E-state index contributed by atoms with van der Waals surface area (Å²) in [5.41, 5.74) is 7.82. The number of amides is 1. The molecule has 8 nitrogen and oxygen atoms in total. The quantitative estimate of drug-likeness (QED) is 0.649. The first-order chi connectivity index (χ1) is 13.5. The minimum Gasteiger partial charge on any atom is -0.497 e. The lowest BCUT2D eigenvalue weighted by atomic mass is 9.85. The zero-order chi connectivity index (χ0) is 19.7. The summed E-state index contributed by atoms with van der Waals surface area (Å²) in [6, 6.07) is 7.58. The van der Waals surface area contributed by atoms with E-state index in [1.165, 1.54) is 0 Å². The molecule has 28 heavy (non-hydrogen) atoms. The number of aromatic nitrogens is 4. The fraction of sp³-hybridized carbons (Fsp3) is 0.368. The molecule has 146 valence electrons. The lowest BCUT2D eigenvalue weighted by Crippen LogP contribution is -2.28. The van der Waals surface area contributed by atoms with Crippen LogP contribution in [0.3, 0.4) is 0 Å². The van der Waals surface area contributed by atoms with Crippen LogP contribution in [0.4, 0.5) is 11.5 Å². The van der Waals surface area contributed by atoms with Gasteiger partial charge in [-0.3, -0.25) is 4.79 Å². The molecule has 0 atom stereocenters. The topological polar surface area (TPSA) is 108 Å². The number of carbonyl (C=O) groups excluding carboxylic acids is 1. The Morgan fingerprint density at radius 3 is 2.82 bits per heavy atom. The molecule has 4 rings (SSSR count). The second kappa shape index (κ2) is 7.63. The highest BCUT2D eigenvalue weighted by Crippen LogP contribution is 2.35. The van der Waals surface area contributed by atoms with Gasteiger partial charge >= 0.3 is 0 Å². The fourth-order valence-corrected chi connectivity index (χ4v) is 3.91. The van der Waals surface area contributed by atoms with Gasteiger partial charge in [-0.1, -0.05) is 6.07 Å². The van der Waals surface area contributed by atoms with Crippen molar-refractivity contribution in [3.05, 3.63) is 35.9 Å². The summed E-state index contributed by atoms with van der Waals surface area (Å²) in [6.45, 7) is 0. The van der Waals surface area contributed by atoms with Gasteiger partial charge in [0.15, 0.2) is 11.5 Å². The predicted octanol–water partition coefficient (Wildman–Crippen LogP) is 3.44. The maximum absolute atomic E-state index is 12.6. The Labute approximate surface area is 167 Å². The number of carbonyl (C=O) groups is 1. The van der Waals surface area contributed by atoms with Crippen LogP contribution in [-0.4, -0.2) is 32.5 Å². The SMILES string of the molecule is COc1cccc(NC(=O)[C@H]2CC[C@@H](n3cnc4c(N)nc(Cl)nc43)CC2)c1. The van der Waals surface area contributed by atoms with Crippen LogP contribution in [-0.2, 0) is 4.79 Å². The first kappa shape index (κ1) is 18.5. The second-order valence-corrected chi connectivity index (χ2v) is 7.27. The highest BCUT2D eigenvalue weighted by atomic mass is 35.5. The van der Waals surface area contributed by atoms with Crippen LogP contribution in [0.15, 0.2) is 30.6 Å². The third kappa shape index (κ3) is 3.60. The van der Waals surface area contributed by atoms with Gasteiger partial charge in [0.25, 0.3) is 0 Å². The van der Waals surface area contributed by atoms with Crippen molar-refractivity contribution in [1.29, 1.82) is 0 Å². The smallest absolute Gasteiger partial charge is 0.227 e. The number of nitrogens with one attached hydrogen (secondary N) is 1. The summed E-state index contributed by atoms with van der Waals surface area (Å²) in [5, 5.41) is 3.10. The Bertz CT molecular complexity index is 1010. The third-order valence-electron chi connectivity index (χ3n) is 5.22. The predicted molar refractivity (Wildman–Crippen MR) is 107 cm³/mol. The minimum absolute atomic E-state index is 0.0273. The molecule has 0 aliphatic heterocycles. The standard InChI is InChI=1S/C19H21ClN6O2/c1-28-14-4-2-3-12(9-14)23-18(27)11-5-7-13(8-6-11)26-10-22-15-16(21)24-19(20)25-17(15)26/h2-4,9-11,13H,5-8H2,1H3,(H,23,27)(H2,21,24,25)/t11-,13+. The Morgan fingerprint density at radius 2 is 2.07 bits per heavy atom. The third-order valence-corrected chi connectivity index (χ3v) is 5.39. The van der Waals surface area contributed by atoms with Crippen molar-refractivity contribution in [1.82, 2.24) is 19.5 Å². The van der Waals surface area contributed by atoms with E-state index in [1.807, 2.05) is 28.8 Å².